The molecular weight excluding hydrogens is 370 g/mol. The quantitative estimate of drug-likeness (QED) is 0.733. The van der Waals surface area contributed by atoms with Crippen molar-refractivity contribution in [3.63, 3.8) is 0 Å². The van der Waals surface area contributed by atoms with Gasteiger partial charge in [0.25, 0.3) is 0 Å². The van der Waals surface area contributed by atoms with E-state index in [1.807, 2.05) is 6.07 Å². The lowest BCUT2D eigenvalue weighted by atomic mass is 10.2. The van der Waals surface area contributed by atoms with Crippen LogP contribution in [0.15, 0.2) is 34.2 Å². The number of para-hydroxylation sites is 2. The van der Waals surface area contributed by atoms with Gasteiger partial charge < -0.3 is 15.0 Å². The van der Waals surface area contributed by atoms with Crippen LogP contribution in [0, 0.1) is 0 Å². The normalized spacial score (nSPS) is 19.0. The lowest BCUT2D eigenvalue weighted by Crippen LogP contribution is -2.43. The molecule has 0 radical (unpaired) electrons. The standard InChI is InChI=1S/C17H19N5O4S/c23-14-9-21(13-6-2-1-5-12(13)18-14)15(24)10-27-17-20-19-16(25)22(17)8-11-4-3-7-26-11/h1-2,5-6,11H,3-4,7-10H2,(H,18,23)(H,19,25). The van der Waals surface area contributed by atoms with Crippen molar-refractivity contribution in [2.45, 2.75) is 30.6 Å². The van der Waals surface area contributed by atoms with Crippen molar-refractivity contribution < 1.29 is 14.3 Å². The molecule has 0 aliphatic carbocycles. The molecule has 1 aromatic carbocycles. The molecule has 142 valence electrons. The zero-order valence-corrected chi connectivity index (χ0v) is 15.3. The maximum Gasteiger partial charge on any atom is 0.344 e. The maximum absolute atomic E-state index is 12.7. The highest BCUT2D eigenvalue weighted by Gasteiger charge is 2.27. The molecule has 2 aromatic rings. The van der Waals surface area contributed by atoms with Gasteiger partial charge in [-0.3, -0.25) is 14.2 Å². The van der Waals surface area contributed by atoms with Crippen LogP contribution >= 0.6 is 11.8 Å². The summed E-state index contributed by atoms with van der Waals surface area (Å²) >= 11 is 1.17. The van der Waals surface area contributed by atoms with Gasteiger partial charge in [-0.05, 0) is 25.0 Å². The molecule has 10 heteroatoms. The number of amides is 2. The summed E-state index contributed by atoms with van der Waals surface area (Å²) in [5.41, 5.74) is 0.965. The van der Waals surface area contributed by atoms with Gasteiger partial charge in [0.2, 0.25) is 11.8 Å². The van der Waals surface area contributed by atoms with Crippen molar-refractivity contribution in [2.24, 2.45) is 0 Å². The van der Waals surface area contributed by atoms with Crippen LogP contribution in [0.1, 0.15) is 12.8 Å². The van der Waals surface area contributed by atoms with Crippen molar-refractivity contribution >= 4 is 35.0 Å². The van der Waals surface area contributed by atoms with Crippen LogP contribution in [0.5, 0.6) is 0 Å². The summed E-state index contributed by atoms with van der Waals surface area (Å²) in [6.45, 7) is 1.09. The Bertz CT molecular complexity index is 918. The monoisotopic (exact) mass is 389 g/mol. The van der Waals surface area contributed by atoms with Crippen molar-refractivity contribution in [3.05, 3.63) is 34.7 Å². The largest absolute Gasteiger partial charge is 0.376 e. The molecule has 4 rings (SSSR count). The number of rotatable bonds is 5. The number of benzene rings is 1. The second-order valence-electron chi connectivity index (χ2n) is 6.39. The molecule has 2 N–H and O–H groups in total. The molecule has 1 saturated heterocycles. The smallest absolute Gasteiger partial charge is 0.344 e. The van der Waals surface area contributed by atoms with Gasteiger partial charge in [-0.25, -0.2) is 9.89 Å². The molecule has 3 heterocycles. The van der Waals surface area contributed by atoms with E-state index in [1.54, 1.807) is 18.2 Å². The maximum atomic E-state index is 12.7. The number of thioether (sulfide) groups is 1. The summed E-state index contributed by atoms with van der Waals surface area (Å²) in [5.74, 6) is -0.388. The van der Waals surface area contributed by atoms with E-state index in [1.165, 1.54) is 21.2 Å². The fourth-order valence-electron chi connectivity index (χ4n) is 3.23. The van der Waals surface area contributed by atoms with Gasteiger partial charge in [-0.2, -0.15) is 0 Å². The van der Waals surface area contributed by atoms with Crippen molar-refractivity contribution in [1.82, 2.24) is 14.8 Å². The number of aromatic amines is 1. The summed E-state index contributed by atoms with van der Waals surface area (Å²) in [4.78, 5) is 38.1. The molecule has 0 saturated carbocycles. The van der Waals surface area contributed by atoms with Crippen LogP contribution in [0.3, 0.4) is 0 Å². The topological polar surface area (TPSA) is 109 Å². The van der Waals surface area contributed by atoms with Crippen molar-refractivity contribution in [1.29, 1.82) is 0 Å². The molecule has 27 heavy (non-hydrogen) atoms. The molecule has 1 unspecified atom stereocenters. The van der Waals surface area contributed by atoms with Crippen molar-refractivity contribution in [3.8, 4) is 0 Å². The zero-order valence-electron chi connectivity index (χ0n) is 14.5. The van der Waals surface area contributed by atoms with E-state index < -0.39 is 0 Å². The number of nitrogens with one attached hydrogen (secondary N) is 2. The van der Waals surface area contributed by atoms with Gasteiger partial charge in [-0.15, -0.1) is 5.10 Å². The fourth-order valence-corrected chi connectivity index (χ4v) is 4.06. The lowest BCUT2D eigenvalue weighted by Gasteiger charge is -2.29. The highest BCUT2D eigenvalue weighted by atomic mass is 32.2. The minimum Gasteiger partial charge on any atom is -0.376 e. The summed E-state index contributed by atoms with van der Waals surface area (Å²) in [6, 6.07) is 7.16. The molecule has 0 bridgehead atoms. The predicted molar refractivity (Wildman–Crippen MR) is 100.0 cm³/mol. The first-order valence-corrected chi connectivity index (χ1v) is 9.69. The summed E-state index contributed by atoms with van der Waals surface area (Å²) in [7, 11) is 0. The molecule has 1 atom stereocenters. The first-order chi connectivity index (χ1) is 13.1. The van der Waals surface area contributed by atoms with Crippen LogP contribution in [-0.4, -0.2) is 51.6 Å². The Morgan fingerprint density at radius 1 is 1.33 bits per heavy atom. The average molecular weight is 389 g/mol. The number of nitrogens with zero attached hydrogens (tertiary/aromatic N) is 3. The number of anilines is 2. The van der Waals surface area contributed by atoms with E-state index in [0.29, 0.717) is 29.7 Å². The third-order valence-corrected chi connectivity index (χ3v) is 5.49. The Morgan fingerprint density at radius 2 is 2.19 bits per heavy atom. The Labute approximate surface area is 159 Å². The van der Waals surface area contributed by atoms with Gasteiger partial charge in [-0.1, -0.05) is 23.9 Å². The van der Waals surface area contributed by atoms with E-state index in [9.17, 15) is 14.4 Å². The molecule has 1 aromatic heterocycles. The number of aromatic nitrogens is 3. The number of ether oxygens (including phenoxy) is 1. The highest BCUT2D eigenvalue weighted by molar-refractivity contribution is 7.99. The van der Waals surface area contributed by atoms with Gasteiger partial charge in [0, 0.05) is 6.61 Å². The Balaban J connectivity index is 1.46. The number of hydrogen-bond acceptors (Lipinski definition) is 6. The van der Waals surface area contributed by atoms with E-state index in [-0.39, 0.29) is 35.9 Å². The van der Waals surface area contributed by atoms with E-state index >= 15 is 0 Å². The molecule has 0 spiro atoms. The highest BCUT2D eigenvalue weighted by Crippen LogP contribution is 2.29. The van der Waals surface area contributed by atoms with Gasteiger partial charge in [0.15, 0.2) is 5.16 Å². The van der Waals surface area contributed by atoms with E-state index in [2.05, 4.69) is 15.5 Å². The molecule has 2 aliphatic heterocycles. The molecular formula is C17H19N5O4S. The Hall–Kier alpha value is -2.59. The Morgan fingerprint density at radius 3 is 3.00 bits per heavy atom. The van der Waals surface area contributed by atoms with Crippen LogP contribution < -0.4 is 15.9 Å². The molecule has 1 fully saturated rings. The summed E-state index contributed by atoms with van der Waals surface area (Å²) in [5, 5.41) is 9.64. The van der Waals surface area contributed by atoms with E-state index in [4.69, 9.17) is 4.74 Å². The third-order valence-electron chi connectivity index (χ3n) is 4.53. The molecule has 2 aliphatic rings. The second kappa shape index (κ2) is 7.57. The lowest BCUT2D eigenvalue weighted by molar-refractivity contribution is -0.120. The minimum absolute atomic E-state index is 0.00646. The summed E-state index contributed by atoms with van der Waals surface area (Å²) in [6.07, 6.45) is 1.88. The molecule has 2 amide bonds. The number of fused-ring (bicyclic) bond motifs is 1. The van der Waals surface area contributed by atoms with Crippen LogP contribution in [0.2, 0.25) is 0 Å². The first-order valence-electron chi connectivity index (χ1n) is 8.70. The molecule has 9 nitrogen and oxygen atoms in total. The summed E-state index contributed by atoms with van der Waals surface area (Å²) < 4.78 is 7.08. The minimum atomic E-state index is -0.317. The third kappa shape index (κ3) is 3.76. The Kier molecular flexibility index (Phi) is 4.99. The van der Waals surface area contributed by atoms with Crippen LogP contribution in [0.25, 0.3) is 0 Å². The SMILES string of the molecule is O=C1CN(C(=O)CSc2n[nH]c(=O)n2CC2CCCO2)c2ccccc2N1. The van der Waals surface area contributed by atoms with Crippen LogP contribution in [-0.2, 0) is 20.9 Å². The predicted octanol–water partition coefficient (Wildman–Crippen LogP) is 0.828. The zero-order chi connectivity index (χ0) is 18.8. The second-order valence-corrected chi connectivity index (χ2v) is 7.33. The number of carbonyl (C=O) groups is 2. The van der Waals surface area contributed by atoms with Gasteiger partial charge >= 0.3 is 5.69 Å². The fraction of sp³-hybridized carbons (Fsp3) is 0.412. The van der Waals surface area contributed by atoms with Crippen molar-refractivity contribution in [2.75, 3.05) is 29.1 Å². The van der Waals surface area contributed by atoms with E-state index in [0.717, 1.165) is 12.8 Å². The van der Waals surface area contributed by atoms with Crippen LogP contribution in [0.4, 0.5) is 11.4 Å². The van der Waals surface area contributed by atoms with Gasteiger partial charge in [0.1, 0.15) is 6.54 Å². The number of carbonyl (C=O) groups excluding carboxylic acids is 2. The van der Waals surface area contributed by atoms with Gasteiger partial charge in [0.05, 0.1) is 29.8 Å². The average Bonchev–Trinajstić information content (AvgIpc) is 3.30. The number of hydrogen-bond donors (Lipinski definition) is 2. The number of H-pyrrole nitrogens is 1. The first kappa shape index (κ1) is 17.8.